The van der Waals surface area contributed by atoms with Crippen LogP contribution in [0.4, 0.5) is 5.69 Å². The van der Waals surface area contributed by atoms with Crippen molar-refractivity contribution in [3.8, 4) is 0 Å². The van der Waals surface area contributed by atoms with Gasteiger partial charge in [0, 0.05) is 29.9 Å². The summed E-state index contributed by atoms with van der Waals surface area (Å²) in [5.41, 5.74) is 2.07. The van der Waals surface area contributed by atoms with Crippen molar-refractivity contribution < 1.29 is 4.52 Å². The van der Waals surface area contributed by atoms with Gasteiger partial charge < -0.3 is 9.84 Å². The van der Waals surface area contributed by atoms with Crippen molar-refractivity contribution >= 4 is 23.0 Å². The lowest BCUT2D eigenvalue weighted by atomic mass is 10.1. The van der Waals surface area contributed by atoms with E-state index < -0.39 is 0 Å². The van der Waals surface area contributed by atoms with Crippen LogP contribution in [0.2, 0.25) is 5.15 Å². The van der Waals surface area contributed by atoms with Gasteiger partial charge in [-0.1, -0.05) is 16.8 Å². The van der Waals surface area contributed by atoms with Crippen LogP contribution in [-0.4, -0.2) is 21.9 Å². The summed E-state index contributed by atoms with van der Waals surface area (Å²) in [5, 5.41) is 16.0. The Hall–Kier alpha value is -1.88. The molecule has 2 N–H and O–H groups in total. The second-order valence-corrected chi connectivity index (χ2v) is 5.95. The van der Waals surface area contributed by atoms with Gasteiger partial charge in [-0.25, -0.2) is 4.98 Å². The average Bonchev–Trinajstić information content (AvgIpc) is 3.15. The number of rotatable bonds is 5. The maximum Gasteiger partial charge on any atom is 0.140 e. The highest BCUT2D eigenvalue weighted by atomic mass is 35.5. The molecular weight excluding hydrogens is 288 g/mol. The van der Waals surface area contributed by atoms with Gasteiger partial charge in [-0.05, 0) is 32.8 Å². The predicted octanol–water partition coefficient (Wildman–Crippen LogP) is 3.84. The highest BCUT2D eigenvalue weighted by Crippen LogP contribution is 2.40. The Morgan fingerprint density at radius 3 is 2.90 bits per heavy atom. The molecule has 3 rings (SSSR count). The van der Waals surface area contributed by atoms with Crippen LogP contribution in [0.3, 0.4) is 0 Å². The van der Waals surface area contributed by atoms with Gasteiger partial charge in [-0.2, -0.15) is 0 Å². The summed E-state index contributed by atoms with van der Waals surface area (Å²) in [7, 11) is 0. The van der Waals surface area contributed by atoms with Crippen molar-refractivity contribution in [2.45, 2.75) is 38.6 Å². The van der Waals surface area contributed by atoms with Crippen molar-refractivity contribution in [3.63, 3.8) is 0 Å². The summed E-state index contributed by atoms with van der Waals surface area (Å²) in [6, 6.07) is 3.88. The van der Waals surface area contributed by atoms with Crippen LogP contribution in [0, 0.1) is 5.41 Å². The van der Waals surface area contributed by atoms with Crippen molar-refractivity contribution in [2.75, 3.05) is 5.32 Å². The molecule has 110 valence electrons. The summed E-state index contributed by atoms with van der Waals surface area (Å²) in [4.78, 5) is 4.07. The predicted molar refractivity (Wildman–Crippen MR) is 82.4 cm³/mol. The fourth-order valence-corrected chi connectivity index (χ4v) is 2.45. The molecule has 1 saturated carbocycles. The molecule has 0 bridgehead atoms. The number of anilines is 1. The van der Waals surface area contributed by atoms with E-state index in [9.17, 15) is 0 Å². The fourth-order valence-electron chi connectivity index (χ4n) is 2.20. The molecule has 2 aromatic heterocycles. The Morgan fingerprint density at radius 2 is 2.24 bits per heavy atom. The van der Waals surface area contributed by atoms with Crippen molar-refractivity contribution in [1.82, 2.24) is 10.1 Å². The number of halogens is 1. The van der Waals surface area contributed by atoms with E-state index in [1.54, 1.807) is 6.20 Å². The Labute approximate surface area is 128 Å². The molecule has 21 heavy (non-hydrogen) atoms. The first-order valence-corrected chi connectivity index (χ1v) is 7.41. The maximum atomic E-state index is 8.38. The molecular formula is C15H17ClN4O. The molecule has 0 amide bonds. The number of hydrogen-bond donors (Lipinski definition) is 2. The Morgan fingerprint density at radius 1 is 1.48 bits per heavy atom. The smallest absolute Gasteiger partial charge is 0.140 e. The van der Waals surface area contributed by atoms with E-state index in [4.69, 9.17) is 21.5 Å². The van der Waals surface area contributed by atoms with Gasteiger partial charge in [-0.15, -0.1) is 0 Å². The van der Waals surface area contributed by atoms with Gasteiger partial charge in [0.25, 0.3) is 0 Å². The van der Waals surface area contributed by atoms with Gasteiger partial charge >= 0.3 is 0 Å². The van der Waals surface area contributed by atoms with E-state index in [0.717, 1.165) is 24.3 Å². The third-order valence-corrected chi connectivity index (χ3v) is 3.65. The zero-order valence-electron chi connectivity index (χ0n) is 12.0. The molecule has 1 fully saturated rings. The molecule has 0 saturated heterocycles. The molecule has 2 aromatic rings. The third-order valence-electron chi connectivity index (χ3n) is 3.36. The average molecular weight is 305 g/mol. The minimum absolute atomic E-state index is 0.229. The first kappa shape index (κ1) is 14.1. The van der Waals surface area contributed by atoms with Gasteiger partial charge in [0.2, 0.25) is 0 Å². The van der Waals surface area contributed by atoms with Crippen LogP contribution in [0.15, 0.2) is 22.9 Å². The SMILES string of the molecule is CC(C)Nc1ccnc(Cl)c1C(=N)c1cc(C2CC2)on1. The summed E-state index contributed by atoms with van der Waals surface area (Å²) in [6.07, 6.45) is 3.90. The first-order valence-electron chi connectivity index (χ1n) is 7.03. The van der Waals surface area contributed by atoms with Crippen LogP contribution >= 0.6 is 11.6 Å². The van der Waals surface area contributed by atoms with Gasteiger partial charge in [0.15, 0.2) is 0 Å². The van der Waals surface area contributed by atoms with E-state index in [-0.39, 0.29) is 11.8 Å². The number of nitrogens with zero attached hydrogens (tertiary/aromatic N) is 2. The molecule has 6 heteroatoms. The van der Waals surface area contributed by atoms with Crippen LogP contribution in [-0.2, 0) is 0 Å². The van der Waals surface area contributed by atoms with Gasteiger partial charge in [0.1, 0.15) is 16.6 Å². The number of nitrogens with one attached hydrogen (secondary N) is 2. The number of aromatic nitrogens is 2. The molecule has 2 heterocycles. The summed E-state index contributed by atoms with van der Waals surface area (Å²) >= 11 is 6.19. The quantitative estimate of drug-likeness (QED) is 0.650. The fraction of sp³-hybridized carbons (Fsp3) is 0.400. The standard InChI is InChI=1S/C15H17ClN4O/c1-8(2)19-10-5-6-18-15(16)13(10)14(17)11-7-12(21-20-11)9-3-4-9/h5-9,17H,3-4H2,1-2H3,(H,18,19). The number of pyridine rings is 1. The molecule has 0 unspecified atom stereocenters. The minimum atomic E-state index is 0.229. The third kappa shape index (κ3) is 2.93. The molecule has 1 aliphatic rings. The molecule has 5 nitrogen and oxygen atoms in total. The summed E-state index contributed by atoms with van der Waals surface area (Å²) < 4.78 is 5.32. The largest absolute Gasteiger partial charge is 0.382 e. The second-order valence-electron chi connectivity index (χ2n) is 5.59. The normalized spacial score (nSPS) is 14.5. The van der Waals surface area contributed by atoms with Gasteiger partial charge in [-0.3, -0.25) is 5.41 Å². The maximum absolute atomic E-state index is 8.38. The van der Waals surface area contributed by atoms with E-state index >= 15 is 0 Å². The monoisotopic (exact) mass is 304 g/mol. The van der Waals surface area contributed by atoms with Crippen LogP contribution < -0.4 is 5.32 Å². The molecule has 0 aliphatic heterocycles. The molecule has 0 radical (unpaired) electrons. The molecule has 0 atom stereocenters. The van der Waals surface area contributed by atoms with E-state index in [2.05, 4.69) is 15.5 Å². The van der Waals surface area contributed by atoms with Crippen LogP contribution in [0.1, 0.15) is 49.6 Å². The highest BCUT2D eigenvalue weighted by molar-refractivity contribution is 6.35. The topological polar surface area (TPSA) is 74.8 Å². The van der Waals surface area contributed by atoms with Crippen molar-refractivity contribution in [3.05, 3.63) is 40.5 Å². The summed E-state index contributed by atoms with van der Waals surface area (Å²) in [6.45, 7) is 4.06. The minimum Gasteiger partial charge on any atom is -0.382 e. The lowest BCUT2D eigenvalue weighted by Gasteiger charge is -2.15. The lowest BCUT2D eigenvalue weighted by Crippen LogP contribution is -2.15. The van der Waals surface area contributed by atoms with Crippen molar-refractivity contribution in [2.24, 2.45) is 0 Å². The zero-order chi connectivity index (χ0) is 15.0. The van der Waals surface area contributed by atoms with Crippen LogP contribution in [0.5, 0.6) is 0 Å². The van der Waals surface area contributed by atoms with E-state index in [0.29, 0.717) is 22.3 Å². The number of hydrogen-bond acceptors (Lipinski definition) is 5. The first-order chi connectivity index (χ1) is 10.1. The summed E-state index contributed by atoms with van der Waals surface area (Å²) in [5.74, 6) is 1.32. The van der Waals surface area contributed by atoms with E-state index in [1.807, 2.05) is 26.0 Å². The Balaban J connectivity index is 1.95. The molecule has 1 aliphatic carbocycles. The zero-order valence-corrected chi connectivity index (χ0v) is 12.7. The Kier molecular flexibility index (Phi) is 3.68. The molecule has 0 spiro atoms. The Bertz CT molecular complexity index is 676. The van der Waals surface area contributed by atoms with Crippen LogP contribution in [0.25, 0.3) is 0 Å². The van der Waals surface area contributed by atoms with Crippen molar-refractivity contribution in [1.29, 1.82) is 5.41 Å². The highest BCUT2D eigenvalue weighted by Gasteiger charge is 2.29. The lowest BCUT2D eigenvalue weighted by molar-refractivity contribution is 0.383. The second kappa shape index (κ2) is 5.48. The van der Waals surface area contributed by atoms with E-state index in [1.165, 1.54) is 0 Å². The molecule has 0 aromatic carbocycles. The van der Waals surface area contributed by atoms with Gasteiger partial charge in [0.05, 0.1) is 11.3 Å².